The van der Waals surface area contributed by atoms with Crippen LogP contribution in [-0.4, -0.2) is 12.5 Å². The fraction of sp³-hybridized carbons (Fsp3) is 0.250. The van der Waals surface area contributed by atoms with E-state index in [1.165, 1.54) is 5.56 Å². The van der Waals surface area contributed by atoms with Crippen molar-refractivity contribution in [1.29, 1.82) is 0 Å². The van der Waals surface area contributed by atoms with Gasteiger partial charge in [0.1, 0.15) is 0 Å². The minimum atomic E-state index is -0.0648. The summed E-state index contributed by atoms with van der Waals surface area (Å²) in [6, 6.07) is 6.02. The maximum absolute atomic E-state index is 11.2. The van der Waals surface area contributed by atoms with Gasteiger partial charge >= 0.3 is 0 Å². The van der Waals surface area contributed by atoms with Crippen LogP contribution >= 0.6 is 15.9 Å². The number of likely N-dealkylation sites (N-methyl/N-ethyl adjacent to an activating group) is 1. The minimum absolute atomic E-state index is 0.0648. The van der Waals surface area contributed by atoms with Gasteiger partial charge in [-0.2, -0.15) is 0 Å². The van der Waals surface area contributed by atoms with Crippen LogP contribution in [0, 0.1) is 6.92 Å². The van der Waals surface area contributed by atoms with Crippen LogP contribution in [0.25, 0.3) is 6.08 Å². The predicted molar refractivity (Wildman–Crippen MR) is 66.6 cm³/mol. The molecule has 0 aliphatic carbocycles. The molecule has 80 valence electrons. The van der Waals surface area contributed by atoms with E-state index < -0.39 is 0 Å². The number of hydrogen-bond acceptors (Lipinski definition) is 1. The van der Waals surface area contributed by atoms with Gasteiger partial charge in [0.05, 0.1) is 0 Å². The third kappa shape index (κ3) is 3.88. The van der Waals surface area contributed by atoms with Crippen LogP contribution in [0.1, 0.15) is 18.1 Å². The highest BCUT2D eigenvalue weighted by Crippen LogP contribution is 2.19. The largest absolute Gasteiger partial charge is 0.353 e. The van der Waals surface area contributed by atoms with E-state index in [0.717, 1.165) is 10.0 Å². The number of nitrogens with one attached hydrogen (secondary N) is 1. The Morgan fingerprint density at radius 1 is 1.53 bits per heavy atom. The smallest absolute Gasteiger partial charge is 0.243 e. The van der Waals surface area contributed by atoms with Gasteiger partial charge in [-0.3, -0.25) is 4.79 Å². The van der Waals surface area contributed by atoms with Crippen molar-refractivity contribution >= 4 is 27.9 Å². The van der Waals surface area contributed by atoms with Gasteiger partial charge in [-0.15, -0.1) is 0 Å². The topological polar surface area (TPSA) is 29.1 Å². The zero-order valence-electron chi connectivity index (χ0n) is 8.88. The summed E-state index contributed by atoms with van der Waals surface area (Å²) in [6.45, 7) is 4.58. The highest BCUT2D eigenvalue weighted by molar-refractivity contribution is 9.10. The zero-order chi connectivity index (χ0) is 11.3. The van der Waals surface area contributed by atoms with Crippen molar-refractivity contribution < 1.29 is 4.79 Å². The number of rotatable bonds is 3. The van der Waals surface area contributed by atoms with Crippen LogP contribution in [-0.2, 0) is 4.79 Å². The number of hydrogen-bond donors (Lipinski definition) is 1. The van der Waals surface area contributed by atoms with Gasteiger partial charge in [-0.05, 0) is 37.1 Å². The molecule has 2 nitrogen and oxygen atoms in total. The second kappa shape index (κ2) is 5.71. The normalized spacial score (nSPS) is 10.6. The number of carbonyl (C=O) groups is 1. The SMILES string of the molecule is CCNC(=O)/C=C/c1ccc(C)cc1Br. The lowest BCUT2D eigenvalue weighted by atomic mass is 10.1. The van der Waals surface area contributed by atoms with Crippen molar-refractivity contribution in [2.24, 2.45) is 0 Å². The Morgan fingerprint density at radius 2 is 2.27 bits per heavy atom. The number of aryl methyl sites for hydroxylation is 1. The maximum atomic E-state index is 11.2. The molecule has 1 rings (SSSR count). The first-order valence-corrected chi connectivity index (χ1v) is 5.65. The lowest BCUT2D eigenvalue weighted by Crippen LogP contribution is -2.19. The number of halogens is 1. The summed E-state index contributed by atoms with van der Waals surface area (Å²) in [6.07, 6.45) is 3.34. The lowest BCUT2D eigenvalue weighted by Gasteiger charge is -2.00. The summed E-state index contributed by atoms with van der Waals surface area (Å²) in [4.78, 5) is 11.2. The van der Waals surface area contributed by atoms with Gasteiger partial charge in [0.2, 0.25) is 5.91 Å². The summed E-state index contributed by atoms with van der Waals surface area (Å²) >= 11 is 3.45. The second-order valence-electron chi connectivity index (χ2n) is 3.25. The van der Waals surface area contributed by atoms with Gasteiger partial charge in [-0.1, -0.05) is 28.1 Å². The van der Waals surface area contributed by atoms with E-state index in [-0.39, 0.29) is 5.91 Å². The highest BCUT2D eigenvalue weighted by Gasteiger charge is 1.97. The summed E-state index contributed by atoms with van der Waals surface area (Å²) in [7, 11) is 0. The Labute approximate surface area is 98.5 Å². The Hall–Kier alpha value is -1.09. The first-order chi connectivity index (χ1) is 7.13. The lowest BCUT2D eigenvalue weighted by molar-refractivity contribution is -0.116. The molecule has 1 amide bonds. The van der Waals surface area contributed by atoms with Crippen molar-refractivity contribution in [2.45, 2.75) is 13.8 Å². The first kappa shape index (κ1) is 12.0. The van der Waals surface area contributed by atoms with Crippen LogP contribution in [0.15, 0.2) is 28.7 Å². The average molecular weight is 268 g/mol. The fourth-order valence-corrected chi connectivity index (χ4v) is 1.79. The van der Waals surface area contributed by atoms with Gasteiger partial charge < -0.3 is 5.32 Å². The van der Waals surface area contributed by atoms with Crippen molar-refractivity contribution in [3.05, 3.63) is 39.9 Å². The molecular weight excluding hydrogens is 254 g/mol. The van der Waals surface area contributed by atoms with E-state index in [2.05, 4.69) is 21.2 Å². The minimum Gasteiger partial charge on any atom is -0.353 e. The quantitative estimate of drug-likeness (QED) is 0.839. The Bertz CT molecular complexity index is 385. The Balaban J connectivity index is 2.76. The molecule has 0 aliphatic heterocycles. The third-order valence-corrected chi connectivity index (χ3v) is 2.61. The van der Waals surface area contributed by atoms with Crippen LogP contribution in [0.4, 0.5) is 0 Å². The van der Waals surface area contributed by atoms with Gasteiger partial charge in [0.15, 0.2) is 0 Å². The van der Waals surface area contributed by atoms with Crippen molar-refractivity contribution in [3.63, 3.8) is 0 Å². The Morgan fingerprint density at radius 3 is 2.87 bits per heavy atom. The van der Waals surface area contributed by atoms with Crippen molar-refractivity contribution in [1.82, 2.24) is 5.32 Å². The van der Waals surface area contributed by atoms with Crippen molar-refractivity contribution in [3.8, 4) is 0 Å². The van der Waals surface area contributed by atoms with E-state index >= 15 is 0 Å². The molecule has 0 aromatic heterocycles. The van der Waals surface area contributed by atoms with Gasteiger partial charge in [0.25, 0.3) is 0 Å². The number of amides is 1. The molecule has 0 radical (unpaired) electrons. The van der Waals surface area contributed by atoms with E-state index in [9.17, 15) is 4.79 Å². The van der Waals surface area contributed by atoms with E-state index in [1.54, 1.807) is 12.2 Å². The molecule has 0 spiro atoms. The molecule has 0 bridgehead atoms. The standard InChI is InChI=1S/C12H14BrNO/c1-3-14-12(15)7-6-10-5-4-9(2)8-11(10)13/h4-8H,3H2,1-2H3,(H,14,15)/b7-6+. The molecule has 0 heterocycles. The summed E-state index contributed by atoms with van der Waals surface area (Å²) < 4.78 is 1.00. The molecule has 1 aromatic rings. The zero-order valence-corrected chi connectivity index (χ0v) is 10.5. The summed E-state index contributed by atoms with van der Waals surface area (Å²) in [5.74, 6) is -0.0648. The molecule has 15 heavy (non-hydrogen) atoms. The summed E-state index contributed by atoms with van der Waals surface area (Å²) in [5, 5.41) is 2.71. The van der Waals surface area contributed by atoms with Gasteiger partial charge in [-0.25, -0.2) is 0 Å². The molecule has 0 atom stereocenters. The van der Waals surface area contributed by atoms with Crippen LogP contribution in [0.2, 0.25) is 0 Å². The molecule has 0 fully saturated rings. The van der Waals surface area contributed by atoms with Crippen LogP contribution < -0.4 is 5.32 Å². The second-order valence-corrected chi connectivity index (χ2v) is 4.11. The van der Waals surface area contributed by atoms with E-state index in [0.29, 0.717) is 6.54 Å². The van der Waals surface area contributed by atoms with E-state index in [1.807, 2.05) is 32.0 Å². The molecule has 1 aromatic carbocycles. The predicted octanol–water partition coefficient (Wildman–Crippen LogP) is 2.91. The van der Waals surface area contributed by atoms with Crippen molar-refractivity contribution in [2.75, 3.05) is 6.54 Å². The molecule has 0 saturated heterocycles. The average Bonchev–Trinajstić information content (AvgIpc) is 2.17. The van der Waals surface area contributed by atoms with E-state index in [4.69, 9.17) is 0 Å². The molecule has 3 heteroatoms. The van der Waals surface area contributed by atoms with Gasteiger partial charge in [0, 0.05) is 17.1 Å². The maximum Gasteiger partial charge on any atom is 0.243 e. The van der Waals surface area contributed by atoms with Crippen LogP contribution in [0.5, 0.6) is 0 Å². The third-order valence-electron chi connectivity index (χ3n) is 1.92. The first-order valence-electron chi connectivity index (χ1n) is 4.85. The summed E-state index contributed by atoms with van der Waals surface area (Å²) in [5.41, 5.74) is 2.20. The Kier molecular flexibility index (Phi) is 4.56. The fourth-order valence-electron chi connectivity index (χ4n) is 1.17. The molecule has 1 N–H and O–H groups in total. The highest BCUT2D eigenvalue weighted by atomic mass is 79.9. The molecule has 0 aliphatic rings. The monoisotopic (exact) mass is 267 g/mol. The molecular formula is C12H14BrNO. The number of carbonyl (C=O) groups excluding carboxylic acids is 1. The molecule has 0 unspecified atom stereocenters. The van der Waals surface area contributed by atoms with Crippen LogP contribution in [0.3, 0.4) is 0 Å². The molecule has 0 saturated carbocycles. The number of benzene rings is 1.